The maximum Gasteiger partial charge on any atom is 0.316 e. The van der Waals surface area contributed by atoms with E-state index in [2.05, 4.69) is 6.92 Å². The molecule has 24 heavy (non-hydrogen) atoms. The second-order valence-electron chi connectivity index (χ2n) is 5.78. The highest BCUT2D eigenvalue weighted by Crippen LogP contribution is 2.29. The van der Waals surface area contributed by atoms with E-state index in [1.807, 2.05) is 24.3 Å². The van der Waals surface area contributed by atoms with Gasteiger partial charge in [0.1, 0.15) is 5.75 Å². The number of nitrogens with zero attached hydrogens (tertiary/aromatic N) is 1. The van der Waals surface area contributed by atoms with Gasteiger partial charge < -0.3 is 9.64 Å². The number of aryl methyl sites for hydroxylation is 1. The van der Waals surface area contributed by atoms with Crippen LogP contribution in [0.4, 0.5) is 5.69 Å². The van der Waals surface area contributed by atoms with Crippen LogP contribution in [0.5, 0.6) is 5.75 Å². The molecule has 0 bridgehead atoms. The highest BCUT2D eigenvalue weighted by molar-refractivity contribution is 6.32. The number of hydrogen-bond acceptors (Lipinski definition) is 3. The molecular weight excluding hydrogens is 326 g/mol. The lowest BCUT2D eigenvalue weighted by atomic mass is 10.1. The third-order valence-corrected chi connectivity index (χ3v) is 4.47. The molecule has 1 heterocycles. The molecule has 0 radical (unpaired) electrons. The maximum atomic E-state index is 12.3. The van der Waals surface area contributed by atoms with Gasteiger partial charge >= 0.3 is 5.97 Å². The lowest BCUT2D eigenvalue weighted by molar-refractivity contribution is -0.139. The summed E-state index contributed by atoms with van der Waals surface area (Å²) in [6.45, 7) is 2.41. The van der Waals surface area contributed by atoms with Gasteiger partial charge in [-0.25, -0.2) is 0 Å². The van der Waals surface area contributed by atoms with Crippen LogP contribution in [0.2, 0.25) is 5.02 Å². The fraction of sp³-hybridized carbons (Fsp3) is 0.263. The van der Waals surface area contributed by atoms with Crippen LogP contribution < -0.4 is 9.64 Å². The summed E-state index contributed by atoms with van der Waals surface area (Å²) in [5.41, 5.74) is 2.02. The minimum Gasteiger partial charge on any atom is -0.425 e. The molecular formula is C19H18ClNO3. The molecule has 0 aliphatic carbocycles. The Kier molecular flexibility index (Phi) is 4.86. The summed E-state index contributed by atoms with van der Waals surface area (Å²) in [4.78, 5) is 26.2. The van der Waals surface area contributed by atoms with E-state index in [-0.39, 0.29) is 12.3 Å². The van der Waals surface area contributed by atoms with Crippen molar-refractivity contribution in [1.29, 1.82) is 0 Å². The van der Waals surface area contributed by atoms with Gasteiger partial charge in [-0.1, -0.05) is 42.8 Å². The fourth-order valence-corrected chi connectivity index (χ4v) is 2.92. The third kappa shape index (κ3) is 3.44. The largest absolute Gasteiger partial charge is 0.425 e. The predicted molar refractivity (Wildman–Crippen MR) is 93.4 cm³/mol. The summed E-state index contributed by atoms with van der Waals surface area (Å²) in [5, 5.41) is 0.377. The molecule has 0 spiro atoms. The molecule has 0 N–H and O–H groups in total. The zero-order valence-corrected chi connectivity index (χ0v) is 14.1. The SMILES string of the molecule is CCc1ccc(N2C[C@H](C(=O)Oc3ccccc3Cl)CC2=O)cc1. The number of carbonyl (C=O) groups excluding carboxylic acids is 2. The van der Waals surface area contributed by atoms with Gasteiger partial charge in [-0.05, 0) is 36.2 Å². The molecule has 1 saturated heterocycles. The molecule has 1 fully saturated rings. The van der Waals surface area contributed by atoms with Gasteiger partial charge in [0.25, 0.3) is 0 Å². The maximum absolute atomic E-state index is 12.3. The number of amides is 1. The van der Waals surface area contributed by atoms with Crippen molar-refractivity contribution in [1.82, 2.24) is 0 Å². The quantitative estimate of drug-likeness (QED) is 0.625. The van der Waals surface area contributed by atoms with E-state index in [0.29, 0.717) is 17.3 Å². The minimum absolute atomic E-state index is 0.0691. The number of benzene rings is 2. The Morgan fingerprint density at radius 2 is 1.92 bits per heavy atom. The Morgan fingerprint density at radius 3 is 2.58 bits per heavy atom. The van der Waals surface area contributed by atoms with Crippen LogP contribution in [0.1, 0.15) is 18.9 Å². The monoisotopic (exact) mass is 343 g/mol. The minimum atomic E-state index is -0.486. The van der Waals surface area contributed by atoms with Gasteiger partial charge in [0.05, 0.1) is 10.9 Å². The average Bonchev–Trinajstić information content (AvgIpc) is 2.99. The van der Waals surface area contributed by atoms with Crippen LogP contribution in [0, 0.1) is 5.92 Å². The van der Waals surface area contributed by atoms with E-state index in [4.69, 9.17) is 16.3 Å². The Hall–Kier alpha value is -2.33. The van der Waals surface area contributed by atoms with Crippen molar-refractivity contribution in [3.63, 3.8) is 0 Å². The molecule has 4 nitrogen and oxygen atoms in total. The normalized spacial score (nSPS) is 17.2. The number of para-hydroxylation sites is 1. The van der Waals surface area contributed by atoms with Crippen LogP contribution >= 0.6 is 11.6 Å². The molecule has 0 saturated carbocycles. The van der Waals surface area contributed by atoms with Gasteiger partial charge in [0, 0.05) is 18.7 Å². The first-order valence-corrected chi connectivity index (χ1v) is 8.31. The number of anilines is 1. The molecule has 0 unspecified atom stereocenters. The van der Waals surface area contributed by atoms with Gasteiger partial charge in [-0.15, -0.1) is 0 Å². The highest BCUT2D eigenvalue weighted by atomic mass is 35.5. The molecule has 2 aromatic carbocycles. The Morgan fingerprint density at radius 1 is 1.21 bits per heavy atom. The number of halogens is 1. The van der Waals surface area contributed by atoms with Gasteiger partial charge in [-0.2, -0.15) is 0 Å². The first-order valence-electron chi connectivity index (χ1n) is 7.94. The number of hydrogen-bond donors (Lipinski definition) is 0. The fourth-order valence-electron chi connectivity index (χ4n) is 2.75. The average molecular weight is 344 g/mol. The molecule has 1 aliphatic rings. The topological polar surface area (TPSA) is 46.6 Å². The highest BCUT2D eigenvalue weighted by Gasteiger charge is 2.36. The zero-order chi connectivity index (χ0) is 17.1. The van der Waals surface area contributed by atoms with Crippen molar-refractivity contribution in [2.45, 2.75) is 19.8 Å². The summed E-state index contributed by atoms with van der Waals surface area (Å²) < 4.78 is 5.35. The van der Waals surface area contributed by atoms with Crippen LogP contribution in [-0.4, -0.2) is 18.4 Å². The summed E-state index contributed by atoms with van der Waals surface area (Å²) >= 11 is 6.00. The standard InChI is InChI=1S/C19H18ClNO3/c1-2-13-7-9-15(10-8-13)21-12-14(11-18(21)22)19(23)24-17-6-4-3-5-16(17)20/h3-10,14H,2,11-12H2,1H3/t14-/m1/s1. The van der Waals surface area contributed by atoms with E-state index < -0.39 is 11.9 Å². The second kappa shape index (κ2) is 7.05. The van der Waals surface area contributed by atoms with Crippen LogP contribution in [0.15, 0.2) is 48.5 Å². The zero-order valence-electron chi connectivity index (χ0n) is 13.4. The van der Waals surface area contributed by atoms with E-state index >= 15 is 0 Å². The summed E-state index contributed by atoms with van der Waals surface area (Å²) in [6, 6.07) is 14.6. The first kappa shape index (κ1) is 16.5. The number of esters is 1. The molecule has 3 rings (SSSR count). The number of rotatable bonds is 4. The van der Waals surface area contributed by atoms with Gasteiger partial charge in [0.2, 0.25) is 5.91 Å². The molecule has 0 aromatic heterocycles. The van der Waals surface area contributed by atoms with E-state index in [1.54, 1.807) is 29.2 Å². The predicted octanol–water partition coefficient (Wildman–Crippen LogP) is 3.86. The van der Waals surface area contributed by atoms with Gasteiger partial charge in [0.15, 0.2) is 0 Å². The Balaban J connectivity index is 1.69. The molecule has 124 valence electrons. The van der Waals surface area contributed by atoms with E-state index in [1.165, 1.54) is 5.56 Å². The summed E-state index contributed by atoms with van der Waals surface area (Å²) in [7, 11) is 0. The van der Waals surface area contributed by atoms with Crippen LogP contribution in [0.3, 0.4) is 0 Å². The molecule has 1 aliphatic heterocycles. The molecule has 5 heteroatoms. The summed E-state index contributed by atoms with van der Waals surface area (Å²) in [6.07, 6.45) is 1.10. The summed E-state index contributed by atoms with van der Waals surface area (Å²) in [5.74, 6) is -0.661. The van der Waals surface area contributed by atoms with Crippen LogP contribution in [0.25, 0.3) is 0 Å². The molecule has 1 atom stereocenters. The molecule has 1 amide bonds. The smallest absolute Gasteiger partial charge is 0.316 e. The third-order valence-electron chi connectivity index (χ3n) is 4.16. The van der Waals surface area contributed by atoms with Crippen molar-refractivity contribution in [2.24, 2.45) is 5.92 Å². The lowest BCUT2D eigenvalue weighted by Crippen LogP contribution is -2.27. The second-order valence-corrected chi connectivity index (χ2v) is 6.18. The van der Waals surface area contributed by atoms with Crippen LogP contribution in [-0.2, 0) is 16.0 Å². The number of ether oxygens (including phenoxy) is 1. The van der Waals surface area contributed by atoms with E-state index in [9.17, 15) is 9.59 Å². The lowest BCUT2D eigenvalue weighted by Gasteiger charge is -2.17. The van der Waals surface area contributed by atoms with Crippen molar-refractivity contribution < 1.29 is 14.3 Å². The Bertz CT molecular complexity index is 757. The molecule has 2 aromatic rings. The van der Waals surface area contributed by atoms with Gasteiger partial charge in [-0.3, -0.25) is 9.59 Å². The van der Waals surface area contributed by atoms with Crippen molar-refractivity contribution in [3.8, 4) is 5.75 Å². The Labute approximate surface area is 146 Å². The van der Waals surface area contributed by atoms with Crippen molar-refractivity contribution >= 4 is 29.2 Å². The number of carbonyl (C=O) groups is 2. The first-order chi connectivity index (χ1) is 11.6. The van der Waals surface area contributed by atoms with E-state index in [0.717, 1.165) is 12.1 Å². The van der Waals surface area contributed by atoms with Crippen molar-refractivity contribution in [2.75, 3.05) is 11.4 Å². The van der Waals surface area contributed by atoms with Crippen molar-refractivity contribution in [3.05, 3.63) is 59.1 Å².